The van der Waals surface area contributed by atoms with E-state index in [9.17, 15) is 13.2 Å². The van der Waals surface area contributed by atoms with E-state index in [0.717, 1.165) is 24.0 Å². The summed E-state index contributed by atoms with van der Waals surface area (Å²) in [7, 11) is -3.67. The molecular weight excluding hydrogens is 360 g/mol. The Morgan fingerprint density at radius 3 is 2.59 bits per heavy atom. The van der Waals surface area contributed by atoms with Gasteiger partial charge in [-0.05, 0) is 55.9 Å². The highest BCUT2D eigenvalue weighted by molar-refractivity contribution is 7.89. The summed E-state index contributed by atoms with van der Waals surface area (Å²) in [6.07, 6.45) is 3.06. The van der Waals surface area contributed by atoms with Crippen LogP contribution in [0.25, 0.3) is 0 Å². The Hall–Kier alpha value is -2.18. The van der Waals surface area contributed by atoms with E-state index in [1.165, 1.54) is 9.87 Å². The number of hydrogen-bond acceptors (Lipinski definition) is 3. The van der Waals surface area contributed by atoms with Crippen LogP contribution in [0.2, 0.25) is 0 Å². The van der Waals surface area contributed by atoms with Crippen molar-refractivity contribution >= 4 is 15.9 Å². The van der Waals surface area contributed by atoms with Crippen molar-refractivity contribution in [1.29, 1.82) is 0 Å². The molecule has 0 spiro atoms. The van der Waals surface area contributed by atoms with Gasteiger partial charge in [0.25, 0.3) is 0 Å². The van der Waals surface area contributed by atoms with Crippen LogP contribution in [0.15, 0.2) is 53.4 Å². The number of amides is 1. The summed E-state index contributed by atoms with van der Waals surface area (Å²) in [5.74, 6) is -0.190. The van der Waals surface area contributed by atoms with Crippen molar-refractivity contribution < 1.29 is 13.2 Å². The summed E-state index contributed by atoms with van der Waals surface area (Å²) in [6.45, 7) is 2.30. The van der Waals surface area contributed by atoms with Gasteiger partial charge < -0.3 is 5.32 Å². The van der Waals surface area contributed by atoms with Gasteiger partial charge in [-0.2, -0.15) is 4.31 Å². The number of fused-ring (bicyclic) bond motifs is 1. The van der Waals surface area contributed by atoms with Gasteiger partial charge in [0.2, 0.25) is 15.9 Å². The van der Waals surface area contributed by atoms with Crippen LogP contribution in [0.3, 0.4) is 0 Å². The second kappa shape index (κ2) is 7.09. The van der Waals surface area contributed by atoms with Crippen LogP contribution >= 0.6 is 0 Å². The fourth-order valence-electron chi connectivity index (χ4n) is 4.11. The van der Waals surface area contributed by atoms with Crippen LogP contribution in [0.4, 0.5) is 0 Å². The quantitative estimate of drug-likeness (QED) is 0.881. The number of nitrogens with zero attached hydrogens (tertiary/aromatic N) is 1. The predicted molar refractivity (Wildman–Crippen MR) is 104 cm³/mol. The van der Waals surface area contributed by atoms with Crippen LogP contribution in [0, 0.1) is 6.92 Å². The number of aryl methyl sites for hydroxylation is 2. The summed E-state index contributed by atoms with van der Waals surface area (Å²) in [4.78, 5) is 13.2. The molecule has 1 saturated heterocycles. The molecule has 2 atom stereocenters. The van der Waals surface area contributed by atoms with E-state index in [0.29, 0.717) is 19.4 Å². The second-order valence-electron chi connectivity index (χ2n) is 7.39. The van der Waals surface area contributed by atoms with Crippen LogP contribution in [0.5, 0.6) is 0 Å². The maximum Gasteiger partial charge on any atom is 0.243 e. The molecule has 27 heavy (non-hydrogen) atoms. The fourth-order valence-corrected chi connectivity index (χ4v) is 5.77. The highest BCUT2D eigenvalue weighted by atomic mass is 32.2. The molecular formula is C21H24N2O3S. The molecule has 2 aromatic rings. The number of rotatable bonds is 4. The zero-order valence-electron chi connectivity index (χ0n) is 15.4. The first-order valence-corrected chi connectivity index (χ1v) is 10.9. The maximum absolute atomic E-state index is 13.0. The molecule has 0 bridgehead atoms. The molecule has 0 radical (unpaired) electrons. The van der Waals surface area contributed by atoms with E-state index in [-0.39, 0.29) is 16.8 Å². The lowest BCUT2D eigenvalue weighted by molar-refractivity contribution is -0.125. The molecule has 1 heterocycles. The number of nitrogens with one attached hydrogen (secondary N) is 1. The van der Waals surface area contributed by atoms with Gasteiger partial charge in [-0.25, -0.2) is 8.42 Å². The molecule has 5 nitrogen and oxygen atoms in total. The van der Waals surface area contributed by atoms with Crippen molar-refractivity contribution in [2.24, 2.45) is 0 Å². The highest BCUT2D eigenvalue weighted by Crippen LogP contribution is 2.32. The number of sulfonamides is 1. The maximum atomic E-state index is 13.0. The summed E-state index contributed by atoms with van der Waals surface area (Å²) >= 11 is 0. The third-order valence-electron chi connectivity index (χ3n) is 5.58. The van der Waals surface area contributed by atoms with Crippen molar-refractivity contribution in [3.8, 4) is 0 Å². The summed E-state index contributed by atoms with van der Waals surface area (Å²) < 4.78 is 27.5. The molecule has 2 aliphatic rings. The van der Waals surface area contributed by atoms with Gasteiger partial charge >= 0.3 is 0 Å². The Morgan fingerprint density at radius 1 is 1.07 bits per heavy atom. The molecule has 0 aromatic heterocycles. The molecule has 2 unspecified atom stereocenters. The third-order valence-corrected chi connectivity index (χ3v) is 7.51. The van der Waals surface area contributed by atoms with Crippen LogP contribution in [0.1, 0.15) is 42.0 Å². The van der Waals surface area contributed by atoms with Gasteiger partial charge in [0.05, 0.1) is 10.9 Å². The zero-order chi connectivity index (χ0) is 19.0. The van der Waals surface area contributed by atoms with Crippen molar-refractivity contribution in [3.05, 3.63) is 65.2 Å². The molecule has 1 aliphatic carbocycles. The van der Waals surface area contributed by atoms with E-state index < -0.39 is 16.1 Å². The van der Waals surface area contributed by atoms with Gasteiger partial charge in [0.15, 0.2) is 0 Å². The molecule has 2 aromatic carbocycles. The zero-order valence-corrected chi connectivity index (χ0v) is 16.2. The monoisotopic (exact) mass is 384 g/mol. The minimum Gasteiger partial charge on any atom is -0.348 e. The standard InChI is InChI=1S/C21H24N2O3S/c1-15-8-11-17(12-9-15)27(25,26)23-14-4-7-20(23)21(24)22-19-13-10-16-5-2-3-6-18(16)19/h2-3,5-6,8-9,11-12,19-20H,4,7,10,13-14H2,1H3,(H,22,24). The van der Waals surface area contributed by atoms with E-state index in [4.69, 9.17) is 0 Å². The van der Waals surface area contributed by atoms with E-state index >= 15 is 0 Å². The van der Waals surface area contributed by atoms with Gasteiger partial charge in [0.1, 0.15) is 6.04 Å². The van der Waals surface area contributed by atoms with Gasteiger partial charge in [0, 0.05) is 6.54 Å². The van der Waals surface area contributed by atoms with Crippen molar-refractivity contribution in [2.75, 3.05) is 6.54 Å². The largest absolute Gasteiger partial charge is 0.348 e. The SMILES string of the molecule is Cc1ccc(S(=O)(=O)N2CCCC2C(=O)NC2CCc3ccccc32)cc1. The lowest BCUT2D eigenvalue weighted by Gasteiger charge is -2.25. The average Bonchev–Trinajstić information content (AvgIpc) is 3.30. The molecule has 1 aliphatic heterocycles. The van der Waals surface area contributed by atoms with E-state index in [1.807, 2.05) is 25.1 Å². The summed E-state index contributed by atoms with van der Waals surface area (Å²) in [6, 6.07) is 14.3. The van der Waals surface area contributed by atoms with Crippen LogP contribution < -0.4 is 5.32 Å². The number of carbonyl (C=O) groups excluding carboxylic acids is 1. The fraction of sp³-hybridized carbons (Fsp3) is 0.381. The van der Waals surface area contributed by atoms with Gasteiger partial charge in [-0.3, -0.25) is 4.79 Å². The van der Waals surface area contributed by atoms with E-state index in [2.05, 4.69) is 11.4 Å². The molecule has 1 N–H and O–H groups in total. The molecule has 6 heteroatoms. The Bertz CT molecular complexity index is 954. The number of carbonyl (C=O) groups is 1. The van der Waals surface area contributed by atoms with Crippen molar-refractivity contribution in [2.45, 2.75) is 49.6 Å². The molecule has 1 amide bonds. The topological polar surface area (TPSA) is 66.5 Å². The Labute approximate surface area is 160 Å². The second-order valence-corrected chi connectivity index (χ2v) is 9.28. The molecule has 1 fully saturated rings. The molecule has 4 rings (SSSR count). The third kappa shape index (κ3) is 3.39. The van der Waals surface area contributed by atoms with Crippen molar-refractivity contribution in [1.82, 2.24) is 9.62 Å². The first-order chi connectivity index (χ1) is 13.0. The Balaban J connectivity index is 1.53. The lowest BCUT2D eigenvalue weighted by atomic mass is 10.1. The minimum absolute atomic E-state index is 0.0294. The normalized spacial score (nSPS) is 22.6. The summed E-state index contributed by atoms with van der Waals surface area (Å²) in [5, 5.41) is 3.09. The van der Waals surface area contributed by atoms with Gasteiger partial charge in [-0.1, -0.05) is 42.0 Å². The van der Waals surface area contributed by atoms with Crippen LogP contribution in [-0.4, -0.2) is 31.2 Å². The smallest absolute Gasteiger partial charge is 0.243 e. The van der Waals surface area contributed by atoms with Crippen LogP contribution in [-0.2, 0) is 21.2 Å². The number of hydrogen-bond donors (Lipinski definition) is 1. The highest BCUT2D eigenvalue weighted by Gasteiger charge is 2.40. The summed E-state index contributed by atoms with van der Waals surface area (Å²) in [5.41, 5.74) is 3.42. The Kier molecular flexibility index (Phi) is 4.78. The van der Waals surface area contributed by atoms with Gasteiger partial charge in [-0.15, -0.1) is 0 Å². The average molecular weight is 385 g/mol. The predicted octanol–water partition coefficient (Wildman–Crippen LogP) is 2.95. The first kappa shape index (κ1) is 18.2. The number of benzene rings is 2. The Morgan fingerprint density at radius 2 is 1.81 bits per heavy atom. The minimum atomic E-state index is -3.67. The van der Waals surface area contributed by atoms with E-state index in [1.54, 1.807) is 24.3 Å². The molecule has 0 saturated carbocycles. The molecule has 142 valence electrons. The lowest BCUT2D eigenvalue weighted by Crippen LogP contribution is -2.46. The first-order valence-electron chi connectivity index (χ1n) is 9.43. The van der Waals surface area contributed by atoms with Crippen molar-refractivity contribution in [3.63, 3.8) is 0 Å².